The molecular formula is C7H7ClFNO. The standard InChI is InChI=1S/C7H7ClFNO/c1-11-7-5(2-8)3-10-4-6(7)9/h3-4H,2H2,1H3. The van der Waals surface area contributed by atoms with E-state index in [4.69, 9.17) is 16.3 Å². The lowest BCUT2D eigenvalue weighted by atomic mass is 10.3. The maximum absolute atomic E-state index is 12.8. The third-order valence-electron chi connectivity index (χ3n) is 1.27. The molecule has 0 saturated carbocycles. The Labute approximate surface area is 69.0 Å². The average Bonchev–Trinajstić information content (AvgIpc) is 2.04. The van der Waals surface area contributed by atoms with Crippen LogP contribution in [0.25, 0.3) is 0 Å². The first-order valence-corrected chi connectivity index (χ1v) is 3.55. The smallest absolute Gasteiger partial charge is 0.183 e. The fraction of sp³-hybridized carbons (Fsp3) is 0.286. The number of methoxy groups -OCH3 is 1. The van der Waals surface area contributed by atoms with Crippen LogP contribution in [0.15, 0.2) is 12.4 Å². The molecule has 0 aliphatic heterocycles. The average molecular weight is 176 g/mol. The van der Waals surface area contributed by atoms with Gasteiger partial charge in [0.05, 0.1) is 19.2 Å². The lowest BCUT2D eigenvalue weighted by Gasteiger charge is -2.04. The van der Waals surface area contributed by atoms with Crippen molar-refractivity contribution in [2.45, 2.75) is 5.88 Å². The van der Waals surface area contributed by atoms with E-state index in [0.29, 0.717) is 5.56 Å². The zero-order valence-corrected chi connectivity index (χ0v) is 6.73. The third-order valence-corrected chi connectivity index (χ3v) is 1.56. The molecule has 0 saturated heterocycles. The Balaban J connectivity index is 3.13. The number of hydrogen-bond acceptors (Lipinski definition) is 2. The van der Waals surface area contributed by atoms with Gasteiger partial charge in [-0.05, 0) is 0 Å². The van der Waals surface area contributed by atoms with Gasteiger partial charge in [-0.15, -0.1) is 11.6 Å². The van der Waals surface area contributed by atoms with Gasteiger partial charge in [0.15, 0.2) is 11.6 Å². The van der Waals surface area contributed by atoms with Crippen LogP contribution in [0.4, 0.5) is 4.39 Å². The molecule has 1 aromatic rings. The summed E-state index contributed by atoms with van der Waals surface area (Å²) in [6.07, 6.45) is 2.57. The van der Waals surface area contributed by atoms with Gasteiger partial charge in [-0.3, -0.25) is 4.98 Å². The molecule has 1 rings (SSSR count). The van der Waals surface area contributed by atoms with E-state index >= 15 is 0 Å². The number of hydrogen-bond donors (Lipinski definition) is 0. The van der Waals surface area contributed by atoms with Crippen molar-refractivity contribution in [3.63, 3.8) is 0 Å². The second-order valence-electron chi connectivity index (χ2n) is 1.95. The summed E-state index contributed by atoms with van der Waals surface area (Å²) in [4.78, 5) is 3.62. The lowest BCUT2D eigenvalue weighted by Crippen LogP contribution is -1.94. The second kappa shape index (κ2) is 3.53. The molecule has 0 atom stereocenters. The highest BCUT2D eigenvalue weighted by Crippen LogP contribution is 2.21. The first-order chi connectivity index (χ1) is 5.29. The van der Waals surface area contributed by atoms with Gasteiger partial charge in [-0.25, -0.2) is 4.39 Å². The summed E-state index contributed by atoms with van der Waals surface area (Å²) in [5.41, 5.74) is 0.564. The Morgan fingerprint density at radius 3 is 2.82 bits per heavy atom. The van der Waals surface area contributed by atoms with Crippen LogP contribution in [0.1, 0.15) is 5.56 Å². The van der Waals surface area contributed by atoms with Gasteiger partial charge in [0.1, 0.15) is 0 Å². The Hall–Kier alpha value is -0.830. The van der Waals surface area contributed by atoms with Gasteiger partial charge < -0.3 is 4.74 Å². The predicted octanol–water partition coefficient (Wildman–Crippen LogP) is 1.97. The van der Waals surface area contributed by atoms with Crippen LogP contribution in [-0.4, -0.2) is 12.1 Å². The molecule has 0 unspecified atom stereocenters. The van der Waals surface area contributed by atoms with Crippen LogP contribution in [0.2, 0.25) is 0 Å². The summed E-state index contributed by atoms with van der Waals surface area (Å²) >= 11 is 5.50. The van der Waals surface area contributed by atoms with Crippen molar-refractivity contribution in [2.75, 3.05) is 7.11 Å². The number of halogens is 2. The fourth-order valence-corrected chi connectivity index (χ4v) is 0.977. The second-order valence-corrected chi connectivity index (χ2v) is 2.21. The highest BCUT2D eigenvalue weighted by atomic mass is 35.5. The number of ether oxygens (including phenoxy) is 1. The number of alkyl halides is 1. The van der Waals surface area contributed by atoms with Crippen molar-refractivity contribution >= 4 is 11.6 Å². The Bertz CT molecular complexity index is 254. The van der Waals surface area contributed by atoms with E-state index < -0.39 is 5.82 Å². The van der Waals surface area contributed by atoms with Crippen molar-refractivity contribution in [2.24, 2.45) is 0 Å². The molecule has 0 radical (unpaired) electrons. The molecule has 0 bridgehead atoms. The van der Waals surface area contributed by atoms with Gasteiger partial charge in [0.2, 0.25) is 0 Å². The Kier molecular flexibility index (Phi) is 2.65. The molecule has 0 aliphatic rings. The monoisotopic (exact) mass is 175 g/mol. The fourth-order valence-electron chi connectivity index (χ4n) is 0.787. The number of pyridine rings is 1. The van der Waals surface area contributed by atoms with E-state index in [2.05, 4.69) is 4.98 Å². The first kappa shape index (κ1) is 8.27. The van der Waals surface area contributed by atoms with Gasteiger partial charge in [-0.2, -0.15) is 0 Å². The van der Waals surface area contributed by atoms with Crippen molar-refractivity contribution < 1.29 is 9.13 Å². The van der Waals surface area contributed by atoms with Crippen LogP contribution in [-0.2, 0) is 5.88 Å². The van der Waals surface area contributed by atoms with Gasteiger partial charge in [-0.1, -0.05) is 0 Å². The minimum atomic E-state index is -0.481. The van der Waals surface area contributed by atoms with Crippen molar-refractivity contribution in [1.29, 1.82) is 0 Å². The SMILES string of the molecule is COc1c(F)cncc1CCl. The number of aromatic nitrogens is 1. The highest BCUT2D eigenvalue weighted by Gasteiger charge is 2.07. The van der Waals surface area contributed by atoms with Gasteiger partial charge in [0, 0.05) is 11.8 Å². The largest absolute Gasteiger partial charge is 0.493 e. The summed E-state index contributed by atoms with van der Waals surface area (Å²) in [5.74, 6) is -0.103. The number of rotatable bonds is 2. The Morgan fingerprint density at radius 2 is 2.36 bits per heavy atom. The number of nitrogens with zero attached hydrogens (tertiary/aromatic N) is 1. The van der Waals surface area contributed by atoms with Crippen LogP contribution < -0.4 is 4.74 Å². The molecule has 60 valence electrons. The maximum atomic E-state index is 12.8. The van der Waals surface area contributed by atoms with Crippen molar-refractivity contribution in [3.8, 4) is 5.75 Å². The van der Waals surface area contributed by atoms with E-state index in [0.717, 1.165) is 6.20 Å². The summed E-state index contributed by atoms with van der Waals surface area (Å²) in [5, 5.41) is 0. The zero-order chi connectivity index (χ0) is 8.27. The summed E-state index contributed by atoms with van der Waals surface area (Å²) in [7, 11) is 1.40. The van der Waals surface area contributed by atoms with E-state index in [1.807, 2.05) is 0 Å². The molecule has 0 N–H and O–H groups in total. The molecule has 0 aromatic carbocycles. The van der Waals surface area contributed by atoms with Crippen molar-refractivity contribution in [1.82, 2.24) is 4.98 Å². The maximum Gasteiger partial charge on any atom is 0.183 e. The lowest BCUT2D eigenvalue weighted by molar-refractivity contribution is 0.381. The molecular weight excluding hydrogens is 169 g/mol. The van der Waals surface area contributed by atoms with E-state index in [-0.39, 0.29) is 11.6 Å². The quantitative estimate of drug-likeness (QED) is 0.642. The molecule has 0 amide bonds. The summed E-state index contributed by atoms with van der Waals surface area (Å²) in [6.45, 7) is 0. The molecule has 0 spiro atoms. The van der Waals surface area contributed by atoms with Crippen LogP contribution in [0.3, 0.4) is 0 Å². The minimum Gasteiger partial charge on any atom is -0.493 e. The molecule has 1 heterocycles. The molecule has 1 aromatic heterocycles. The summed E-state index contributed by atoms with van der Waals surface area (Å²) < 4.78 is 17.6. The summed E-state index contributed by atoms with van der Waals surface area (Å²) in [6, 6.07) is 0. The molecule has 0 aliphatic carbocycles. The molecule has 0 fully saturated rings. The topological polar surface area (TPSA) is 22.1 Å². The van der Waals surface area contributed by atoms with Crippen molar-refractivity contribution in [3.05, 3.63) is 23.8 Å². The van der Waals surface area contributed by atoms with Crippen LogP contribution >= 0.6 is 11.6 Å². The first-order valence-electron chi connectivity index (χ1n) is 3.02. The minimum absolute atomic E-state index is 0.176. The van der Waals surface area contributed by atoms with E-state index in [1.165, 1.54) is 13.3 Å². The zero-order valence-electron chi connectivity index (χ0n) is 5.97. The van der Waals surface area contributed by atoms with Gasteiger partial charge >= 0.3 is 0 Å². The van der Waals surface area contributed by atoms with E-state index in [1.54, 1.807) is 0 Å². The Morgan fingerprint density at radius 1 is 1.64 bits per heavy atom. The van der Waals surface area contributed by atoms with Gasteiger partial charge in [0.25, 0.3) is 0 Å². The third kappa shape index (κ3) is 1.60. The molecule has 11 heavy (non-hydrogen) atoms. The molecule has 4 heteroatoms. The predicted molar refractivity (Wildman–Crippen MR) is 40.3 cm³/mol. The van der Waals surface area contributed by atoms with Crippen LogP contribution in [0.5, 0.6) is 5.75 Å². The van der Waals surface area contributed by atoms with E-state index in [9.17, 15) is 4.39 Å². The molecule has 2 nitrogen and oxygen atoms in total. The van der Waals surface area contributed by atoms with Crippen LogP contribution in [0, 0.1) is 5.82 Å². The highest BCUT2D eigenvalue weighted by molar-refractivity contribution is 6.17. The normalized spacial score (nSPS) is 9.73.